The standard InChI is InChI=1S/C18H17FN8/c19-13-6-4-12(5-7-13)18-14(9-20-24-18)15-10-26(25-21-15)11-17-23-22-16-3-1-2-8-27(16)17/h1-8,10,14,18,20,24H,9,11H2. The molecule has 1 aliphatic rings. The maximum absolute atomic E-state index is 13.2. The summed E-state index contributed by atoms with van der Waals surface area (Å²) in [5.41, 5.74) is 9.08. The van der Waals surface area contributed by atoms with Gasteiger partial charge in [-0.3, -0.25) is 9.83 Å². The molecule has 0 amide bonds. The van der Waals surface area contributed by atoms with Crippen molar-refractivity contribution in [1.82, 2.24) is 40.4 Å². The first-order valence-electron chi connectivity index (χ1n) is 8.70. The number of hydrazine groups is 1. The van der Waals surface area contributed by atoms with E-state index in [1.54, 1.807) is 16.8 Å². The number of aromatic nitrogens is 6. The van der Waals surface area contributed by atoms with Crippen molar-refractivity contribution in [2.45, 2.75) is 18.5 Å². The minimum atomic E-state index is -0.243. The van der Waals surface area contributed by atoms with Crippen LogP contribution in [0.4, 0.5) is 4.39 Å². The van der Waals surface area contributed by atoms with Crippen LogP contribution in [0, 0.1) is 5.82 Å². The number of hydrogen-bond acceptors (Lipinski definition) is 6. The average Bonchev–Trinajstić information content (AvgIpc) is 3.42. The smallest absolute Gasteiger partial charge is 0.160 e. The highest BCUT2D eigenvalue weighted by Crippen LogP contribution is 2.32. The van der Waals surface area contributed by atoms with Gasteiger partial charge in [0.05, 0.1) is 11.7 Å². The van der Waals surface area contributed by atoms with Crippen LogP contribution in [0.2, 0.25) is 0 Å². The van der Waals surface area contributed by atoms with Gasteiger partial charge in [0.2, 0.25) is 0 Å². The van der Waals surface area contributed by atoms with Gasteiger partial charge >= 0.3 is 0 Å². The van der Waals surface area contributed by atoms with Crippen molar-refractivity contribution in [1.29, 1.82) is 0 Å². The van der Waals surface area contributed by atoms with E-state index in [4.69, 9.17) is 0 Å². The summed E-state index contributed by atoms with van der Waals surface area (Å²) in [6.07, 6.45) is 3.86. The van der Waals surface area contributed by atoms with Gasteiger partial charge in [-0.25, -0.2) is 14.5 Å². The predicted octanol–water partition coefficient (Wildman–Crippen LogP) is 1.44. The zero-order valence-corrected chi connectivity index (χ0v) is 14.3. The van der Waals surface area contributed by atoms with Crippen LogP contribution < -0.4 is 10.9 Å². The van der Waals surface area contributed by atoms with E-state index < -0.39 is 0 Å². The first-order chi connectivity index (χ1) is 13.3. The van der Waals surface area contributed by atoms with E-state index in [1.165, 1.54) is 12.1 Å². The number of hydrogen-bond donors (Lipinski definition) is 2. The Kier molecular flexibility index (Phi) is 3.88. The summed E-state index contributed by atoms with van der Waals surface area (Å²) < 4.78 is 16.9. The van der Waals surface area contributed by atoms with Crippen LogP contribution in [0.25, 0.3) is 5.65 Å². The zero-order valence-electron chi connectivity index (χ0n) is 14.3. The Balaban J connectivity index is 1.39. The third-order valence-electron chi connectivity index (χ3n) is 4.84. The quantitative estimate of drug-likeness (QED) is 0.570. The first kappa shape index (κ1) is 16.0. The molecular formula is C18H17FN8. The molecule has 2 unspecified atom stereocenters. The van der Waals surface area contributed by atoms with Crippen molar-refractivity contribution in [3.05, 3.63) is 77.8 Å². The SMILES string of the molecule is Fc1ccc(C2NNCC2c2cn(Cc3nnc4ccccn34)nn2)cc1. The van der Waals surface area contributed by atoms with Crippen molar-refractivity contribution in [3.63, 3.8) is 0 Å². The lowest BCUT2D eigenvalue weighted by molar-refractivity contribution is 0.545. The summed E-state index contributed by atoms with van der Waals surface area (Å²) in [6.45, 7) is 1.20. The highest BCUT2D eigenvalue weighted by Gasteiger charge is 2.31. The summed E-state index contributed by atoms with van der Waals surface area (Å²) in [5.74, 6) is 0.645. The van der Waals surface area contributed by atoms with Gasteiger partial charge in [-0.1, -0.05) is 23.4 Å². The molecule has 3 aromatic heterocycles. The van der Waals surface area contributed by atoms with Crippen molar-refractivity contribution < 1.29 is 4.39 Å². The van der Waals surface area contributed by atoms with Crippen LogP contribution in [0.5, 0.6) is 0 Å². The lowest BCUT2D eigenvalue weighted by Gasteiger charge is -2.16. The molecule has 2 N–H and O–H groups in total. The Morgan fingerprint density at radius 3 is 2.85 bits per heavy atom. The molecule has 4 aromatic rings. The number of nitrogens with zero attached hydrogens (tertiary/aromatic N) is 6. The Hall–Kier alpha value is -3.17. The highest BCUT2D eigenvalue weighted by atomic mass is 19.1. The second-order valence-electron chi connectivity index (χ2n) is 6.55. The van der Waals surface area contributed by atoms with E-state index in [-0.39, 0.29) is 17.8 Å². The Bertz CT molecular complexity index is 1070. The fraction of sp³-hybridized carbons (Fsp3) is 0.222. The number of nitrogens with one attached hydrogen (secondary N) is 2. The van der Waals surface area contributed by atoms with Crippen molar-refractivity contribution >= 4 is 5.65 Å². The summed E-state index contributed by atoms with van der Waals surface area (Å²) in [5, 5.41) is 17.0. The molecule has 2 atom stereocenters. The zero-order chi connectivity index (χ0) is 18.2. The van der Waals surface area contributed by atoms with E-state index in [0.717, 1.165) is 22.7 Å². The fourth-order valence-electron chi connectivity index (χ4n) is 3.46. The molecule has 1 saturated heterocycles. The molecule has 4 heterocycles. The molecule has 0 saturated carbocycles. The van der Waals surface area contributed by atoms with Gasteiger partial charge in [-0.2, -0.15) is 0 Å². The van der Waals surface area contributed by atoms with Gasteiger partial charge in [0, 0.05) is 24.9 Å². The van der Waals surface area contributed by atoms with Crippen LogP contribution in [0.1, 0.15) is 29.0 Å². The fourth-order valence-corrected chi connectivity index (χ4v) is 3.46. The molecule has 1 aromatic carbocycles. The van der Waals surface area contributed by atoms with Gasteiger partial charge in [0.1, 0.15) is 12.4 Å². The monoisotopic (exact) mass is 364 g/mol. The highest BCUT2D eigenvalue weighted by molar-refractivity contribution is 5.37. The first-order valence-corrected chi connectivity index (χ1v) is 8.70. The minimum Gasteiger partial charge on any atom is -0.285 e. The number of fused-ring (bicyclic) bond motifs is 1. The number of benzene rings is 1. The molecule has 9 heteroatoms. The maximum atomic E-state index is 13.2. The van der Waals surface area contributed by atoms with Gasteiger partial charge in [0.25, 0.3) is 0 Å². The number of pyridine rings is 1. The third kappa shape index (κ3) is 2.96. The lowest BCUT2D eigenvalue weighted by Crippen LogP contribution is -2.24. The Labute approximate surface area is 154 Å². The van der Waals surface area contributed by atoms with Gasteiger partial charge in [-0.05, 0) is 29.8 Å². The number of rotatable bonds is 4. The van der Waals surface area contributed by atoms with Crippen LogP contribution in [0.3, 0.4) is 0 Å². The van der Waals surface area contributed by atoms with Crippen LogP contribution in [0.15, 0.2) is 54.9 Å². The van der Waals surface area contributed by atoms with Gasteiger partial charge in [0.15, 0.2) is 11.5 Å². The Morgan fingerprint density at radius 2 is 1.96 bits per heavy atom. The Morgan fingerprint density at radius 1 is 1.07 bits per heavy atom. The molecule has 0 radical (unpaired) electrons. The van der Waals surface area contributed by atoms with E-state index >= 15 is 0 Å². The average molecular weight is 364 g/mol. The van der Waals surface area contributed by atoms with E-state index in [1.807, 2.05) is 35.0 Å². The second kappa shape index (κ2) is 6.53. The van der Waals surface area contributed by atoms with Crippen molar-refractivity contribution in [2.24, 2.45) is 0 Å². The van der Waals surface area contributed by atoms with Gasteiger partial charge < -0.3 is 0 Å². The van der Waals surface area contributed by atoms with Crippen LogP contribution in [-0.4, -0.2) is 36.1 Å². The van der Waals surface area contributed by atoms with E-state index in [9.17, 15) is 4.39 Å². The largest absolute Gasteiger partial charge is 0.285 e. The van der Waals surface area contributed by atoms with Crippen molar-refractivity contribution in [2.75, 3.05) is 6.54 Å². The maximum Gasteiger partial charge on any atom is 0.160 e. The molecule has 0 spiro atoms. The van der Waals surface area contributed by atoms with Crippen molar-refractivity contribution in [3.8, 4) is 0 Å². The minimum absolute atomic E-state index is 0.00433. The molecule has 1 fully saturated rings. The molecule has 136 valence electrons. The molecule has 0 aliphatic carbocycles. The summed E-state index contributed by atoms with van der Waals surface area (Å²) in [4.78, 5) is 0. The molecule has 5 rings (SSSR count). The lowest BCUT2D eigenvalue weighted by atomic mass is 9.93. The molecule has 1 aliphatic heterocycles. The predicted molar refractivity (Wildman–Crippen MR) is 95.1 cm³/mol. The van der Waals surface area contributed by atoms with E-state index in [0.29, 0.717) is 13.1 Å². The molecule has 0 bridgehead atoms. The number of halogens is 1. The van der Waals surface area contributed by atoms with Crippen LogP contribution in [-0.2, 0) is 6.54 Å². The third-order valence-corrected chi connectivity index (χ3v) is 4.84. The normalized spacial score (nSPS) is 19.7. The molecule has 8 nitrogen and oxygen atoms in total. The van der Waals surface area contributed by atoms with E-state index in [2.05, 4.69) is 31.4 Å². The summed E-state index contributed by atoms with van der Waals surface area (Å²) >= 11 is 0. The van der Waals surface area contributed by atoms with Crippen LogP contribution >= 0.6 is 0 Å². The summed E-state index contributed by atoms with van der Waals surface area (Å²) in [7, 11) is 0. The molecular weight excluding hydrogens is 347 g/mol. The second-order valence-corrected chi connectivity index (χ2v) is 6.55. The molecule has 27 heavy (non-hydrogen) atoms. The van der Waals surface area contributed by atoms with Gasteiger partial charge in [-0.15, -0.1) is 15.3 Å². The topological polar surface area (TPSA) is 85.0 Å². The summed E-state index contributed by atoms with van der Waals surface area (Å²) in [6, 6.07) is 12.3.